The Bertz CT molecular complexity index is 590. The van der Waals surface area contributed by atoms with Gasteiger partial charge in [0.1, 0.15) is 0 Å². The van der Waals surface area contributed by atoms with E-state index in [9.17, 15) is 47.5 Å². The summed E-state index contributed by atoms with van der Waals surface area (Å²) in [6.45, 7) is 3.45. The molecular formula is C9H26B6F9IO14S. The van der Waals surface area contributed by atoms with Gasteiger partial charge in [0.05, 0.1) is 4.91 Å². The third-order valence-electron chi connectivity index (χ3n) is 1.88. The lowest BCUT2D eigenvalue weighted by Crippen LogP contribution is -2.25. The van der Waals surface area contributed by atoms with Crippen LogP contribution in [0.5, 0.6) is 0 Å². The molecule has 0 aliphatic heterocycles. The van der Waals surface area contributed by atoms with Crippen molar-refractivity contribution in [3.63, 3.8) is 0 Å². The first-order valence-corrected chi connectivity index (χ1v) is 11.8. The molecule has 0 unspecified atom stereocenters. The molecule has 0 fully saturated rings. The molecule has 14 nitrogen and oxygen atoms in total. The van der Waals surface area contributed by atoms with Crippen LogP contribution in [0.1, 0.15) is 39.5 Å². The van der Waals surface area contributed by atoms with Crippen molar-refractivity contribution in [3.05, 3.63) is 8.48 Å². The summed E-state index contributed by atoms with van der Waals surface area (Å²) in [4.78, 5) is -0.468. The van der Waals surface area contributed by atoms with Gasteiger partial charge in [0.25, 0.3) is 9.84 Å². The van der Waals surface area contributed by atoms with E-state index in [0.29, 0.717) is 22.8 Å². The van der Waals surface area contributed by atoms with Crippen LogP contribution in [0.3, 0.4) is 0 Å². The second kappa shape index (κ2) is 34.9. The average Bonchev–Trinajstić information content (AvgIpc) is 2.62. The minimum absolute atomic E-state index is 0.0554. The van der Waals surface area contributed by atoms with Gasteiger partial charge < -0.3 is 60.3 Å². The van der Waals surface area contributed by atoms with Crippen molar-refractivity contribution >= 4 is 76.8 Å². The number of alkyl halides is 3. The number of hydrogen-bond donors (Lipinski definition) is 12. The van der Waals surface area contributed by atoms with E-state index in [1.807, 2.05) is 0 Å². The van der Waals surface area contributed by atoms with Crippen molar-refractivity contribution in [2.45, 2.75) is 45.0 Å². The highest BCUT2D eigenvalue weighted by Gasteiger charge is 2.48. The smallest absolute Gasteiger partial charge is 0.398 e. The third-order valence-corrected chi connectivity index (χ3v) is 5.14. The van der Waals surface area contributed by atoms with E-state index in [-0.39, 0.29) is 6.42 Å². The Morgan fingerprint density at radius 1 is 0.575 bits per heavy atom. The summed E-state index contributed by atoms with van der Waals surface area (Å²) < 4.78 is 121. The van der Waals surface area contributed by atoms with Crippen LogP contribution in [0.4, 0.5) is 39.1 Å². The van der Waals surface area contributed by atoms with E-state index in [1.165, 1.54) is 0 Å². The van der Waals surface area contributed by atoms with E-state index in [0.717, 1.165) is 0 Å². The van der Waals surface area contributed by atoms with Gasteiger partial charge in [-0.2, -0.15) is 13.2 Å². The number of rotatable bonds is 5. The monoisotopic (exact) mass is 754 g/mol. The maximum Gasteiger partial charge on any atom is 0.674 e. The first kappa shape index (κ1) is 55.6. The maximum atomic E-state index is 12.4. The number of allylic oxidation sites excluding steroid dienone is 2. The van der Waals surface area contributed by atoms with Crippen molar-refractivity contribution < 1.29 is 108 Å². The summed E-state index contributed by atoms with van der Waals surface area (Å²) in [6.07, 6.45) is 1.31. The molecular weight excluding hydrogens is 727 g/mol. The molecule has 0 aliphatic rings. The molecule has 0 aliphatic carbocycles. The summed E-state index contributed by atoms with van der Waals surface area (Å²) in [6, 6.07) is 0. The minimum atomic E-state index is -5.19. The Hall–Kier alpha value is -0.300. The van der Waals surface area contributed by atoms with E-state index in [2.05, 4.69) is 0 Å². The standard InChI is InChI=1S/C9H14F3IO2S.6BFH2O2/c1-3-5-7(13)8(6-4-2)16(14,15)9(10,11)12;6*2-1(3)4/h3-6H2,1-2H3;6*3-4H. The molecule has 0 saturated heterocycles. The van der Waals surface area contributed by atoms with Crippen molar-refractivity contribution in [1.82, 2.24) is 0 Å². The topological polar surface area (TPSA) is 277 Å². The second-order valence-corrected chi connectivity index (χ2v) is 8.41. The quantitative estimate of drug-likeness (QED) is 0.0802. The van der Waals surface area contributed by atoms with Gasteiger partial charge >= 0.3 is 49.9 Å². The zero-order valence-electron chi connectivity index (χ0n) is 20.2. The summed E-state index contributed by atoms with van der Waals surface area (Å²) in [7, 11) is -21.1. The van der Waals surface area contributed by atoms with Crippen LogP contribution < -0.4 is 0 Å². The number of hydrogen-bond acceptors (Lipinski definition) is 14. The van der Waals surface area contributed by atoms with Gasteiger partial charge in [-0.15, -0.1) is 0 Å². The van der Waals surface area contributed by atoms with Gasteiger partial charge in [0, 0.05) is 3.58 Å². The first-order valence-electron chi connectivity index (χ1n) is 9.28. The van der Waals surface area contributed by atoms with Gasteiger partial charge in [-0.1, -0.05) is 26.7 Å². The SMILES string of the molecule is CCCC(I)=C(CCC)S(=O)(=O)C(F)(F)F.OB(O)F.OB(O)F.OB(O)F.OB(O)F.OB(O)F.OB(O)F. The van der Waals surface area contributed by atoms with Crippen LogP contribution in [0.15, 0.2) is 8.48 Å². The lowest BCUT2D eigenvalue weighted by atomic mass is 10.2. The fourth-order valence-electron chi connectivity index (χ4n) is 1.14. The molecule has 240 valence electrons. The zero-order valence-corrected chi connectivity index (χ0v) is 23.1. The molecule has 0 saturated carbocycles. The van der Waals surface area contributed by atoms with Crippen LogP contribution in [-0.2, 0) is 9.84 Å². The van der Waals surface area contributed by atoms with Crippen LogP contribution >= 0.6 is 22.6 Å². The molecule has 40 heavy (non-hydrogen) atoms. The average molecular weight is 753 g/mol. The number of halogens is 10. The fourth-order valence-corrected chi connectivity index (χ4v) is 3.97. The van der Waals surface area contributed by atoms with Crippen molar-refractivity contribution in [1.29, 1.82) is 0 Å². The molecule has 0 radical (unpaired) electrons. The van der Waals surface area contributed by atoms with Crippen LogP contribution in [0, 0.1) is 0 Å². The second-order valence-electron chi connectivity index (χ2n) is 5.14. The van der Waals surface area contributed by atoms with E-state index < -0.39 is 64.6 Å². The highest BCUT2D eigenvalue weighted by molar-refractivity contribution is 14.1. The molecule has 0 aromatic carbocycles. The summed E-state index contributed by atoms with van der Waals surface area (Å²) in [5.41, 5.74) is -5.19. The summed E-state index contributed by atoms with van der Waals surface area (Å²) in [5, 5.41) is 83.3. The maximum absolute atomic E-state index is 12.4. The third kappa shape index (κ3) is 83.2. The molecule has 0 atom stereocenters. The molecule has 0 bridgehead atoms. The molecule has 0 amide bonds. The molecule has 12 N–H and O–H groups in total. The van der Waals surface area contributed by atoms with Crippen molar-refractivity contribution in [2.24, 2.45) is 0 Å². The molecule has 0 heterocycles. The Morgan fingerprint density at radius 2 is 0.750 bits per heavy atom. The zero-order chi connectivity index (χ0) is 34.4. The van der Waals surface area contributed by atoms with Crippen LogP contribution in [0.25, 0.3) is 0 Å². The van der Waals surface area contributed by atoms with Gasteiger partial charge in [-0.3, -0.25) is 25.9 Å². The van der Waals surface area contributed by atoms with Crippen molar-refractivity contribution in [2.75, 3.05) is 0 Å². The Morgan fingerprint density at radius 3 is 0.875 bits per heavy atom. The predicted molar refractivity (Wildman–Crippen MR) is 134 cm³/mol. The van der Waals surface area contributed by atoms with Crippen LogP contribution in [0.2, 0.25) is 0 Å². The van der Waals surface area contributed by atoms with Crippen molar-refractivity contribution in [3.8, 4) is 0 Å². The van der Waals surface area contributed by atoms with E-state index in [4.69, 9.17) is 60.3 Å². The Kier molecular flexibility index (Phi) is 48.5. The first-order chi connectivity index (χ1) is 17.6. The Balaban J connectivity index is -0.0000000742. The lowest BCUT2D eigenvalue weighted by molar-refractivity contribution is -0.0427. The molecule has 0 aromatic heterocycles. The molecule has 0 aromatic rings. The summed E-state index contributed by atoms with van der Waals surface area (Å²) >= 11 is 1.69. The van der Waals surface area contributed by atoms with Crippen LogP contribution in [-0.4, -0.2) is 119 Å². The normalized spacial score (nSPS) is 10.0. The molecule has 0 rings (SSSR count). The van der Waals surface area contributed by atoms with Gasteiger partial charge in [-0.25, -0.2) is 8.42 Å². The predicted octanol–water partition coefficient (Wildman–Crippen LogP) is -2.28. The fraction of sp³-hybridized carbons (Fsp3) is 0.778. The largest absolute Gasteiger partial charge is 0.674 e. The minimum Gasteiger partial charge on any atom is -0.398 e. The summed E-state index contributed by atoms with van der Waals surface area (Å²) in [5.74, 6) is 0. The molecule has 31 heteroatoms. The number of sulfone groups is 1. The highest BCUT2D eigenvalue weighted by atomic mass is 127. The van der Waals surface area contributed by atoms with Gasteiger partial charge in [0.2, 0.25) is 0 Å². The lowest BCUT2D eigenvalue weighted by Gasteiger charge is -2.13. The van der Waals surface area contributed by atoms with E-state index >= 15 is 0 Å². The molecule has 0 spiro atoms. The Labute approximate surface area is 238 Å². The highest BCUT2D eigenvalue weighted by Crippen LogP contribution is 2.36. The van der Waals surface area contributed by atoms with Gasteiger partial charge in [0.15, 0.2) is 0 Å². The van der Waals surface area contributed by atoms with Gasteiger partial charge in [-0.05, 0) is 35.4 Å². The van der Waals surface area contributed by atoms with E-state index in [1.54, 1.807) is 36.4 Å².